The highest BCUT2D eigenvalue weighted by atomic mass is 32.2. The van der Waals surface area contributed by atoms with Crippen LogP contribution in [0.5, 0.6) is 11.5 Å². The van der Waals surface area contributed by atoms with Crippen molar-refractivity contribution in [2.24, 2.45) is 0 Å². The van der Waals surface area contributed by atoms with Crippen molar-refractivity contribution in [1.29, 1.82) is 0 Å². The molecule has 0 radical (unpaired) electrons. The summed E-state index contributed by atoms with van der Waals surface area (Å²) in [6, 6.07) is 15.6. The standard InChI is InChI=1S/C21H21N3O3S/c1-26-16-8-6-15(7-9-16)24-12-11-22-21(24)28-14-20(25)23-18-10-13-27-19-5-3-2-4-17(18)19/h2-9,11-12,18H,10,13-14H2,1H3,(H,23,25). The Balaban J connectivity index is 1.39. The van der Waals surface area contributed by atoms with E-state index in [2.05, 4.69) is 10.3 Å². The Morgan fingerprint density at radius 1 is 1.29 bits per heavy atom. The van der Waals surface area contributed by atoms with E-state index in [1.54, 1.807) is 13.3 Å². The van der Waals surface area contributed by atoms with Crippen molar-refractivity contribution in [1.82, 2.24) is 14.9 Å². The highest BCUT2D eigenvalue weighted by Gasteiger charge is 2.22. The monoisotopic (exact) mass is 395 g/mol. The molecule has 2 heterocycles. The number of benzene rings is 2. The molecule has 0 saturated heterocycles. The number of thioether (sulfide) groups is 1. The summed E-state index contributed by atoms with van der Waals surface area (Å²) in [7, 11) is 1.64. The molecule has 1 amide bonds. The van der Waals surface area contributed by atoms with Crippen LogP contribution in [0, 0.1) is 0 Å². The molecule has 0 fully saturated rings. The number of nitrogens with one attached hydrogen (secondary N) is 1. The van der Waals surface area contributed by atoms with Crippen molar-refractivity contribution in [3.05, 3.63) is 66.5 Å². The molecule has 3 aromatic rings. The fourth-order valence-corrected chi connectivity index (χ4v) is 3.98. The van der Waals surface area contributed by atoms with Crippen molar-refractivity contribution in [2.45, 2.75) is 17.6 Å². The molecule has 1 aromatic heterocycles. The minimum Gasteiger partial charge on any atom is -0.497 e. The van der Waals surface area contributed by atoms with E-state index in [-0.39, 0.29) is 11.9 Å². The molecule has 0 saturated carbocycles. The first-order chi connectivity index (χ1) is 13.7. The quantitative estimate of drug-likeness (QED) is 0.646. The van der Waals surface area contributed by atoms with Crippen molar-refractivity contribution in [3.63, 3.8) is 0 Å². The number of rotatable bonds is 6. The van der Waals surface area contributed by atoms with Gasteiger partial charge in [0.2, 0.25) is 5.91 Å². The number of hydrogen-bond donors (Lipinski definition) is 1. The number of hydrogen-bond acceptors (Lipinski definition) is 5. The Bertz CT molecular complexity index is 956. The van der Waals surface area contributed by atoms with Gasteiger partial charge >= 0.3 is 0 Å². The lowest BCUT2D eigenvalue weighted by Gasteiger charge is -2.26. The van der Waals surface area contributed by atoms with Crippen LogP contribution in [0.4, 0.5) is 0 Å². The third-order valence-electron chi connectivity index (χ3n) is 4.58. The molecule has 1 aliphatic heterocycles. The minimum atomic E-state index is -0.0176. The summed E-state index contributed by atoms with van der Waals surface area (Å²) in [6.07, 6.45) is 4.39. The van der Waals surface area contributed by atoms with Crippen LogP contribution in [0.2, 0.25) is 0 Å². The lowest BCUT2D eigenvalue weighted by molar-refractivity contribution is -0.119. The van der Waals surface area contributed by atoms with Gasteiger partial charge in [-0.25, -0.2) is 4.98 Å². The molecule has 1 atom stereocenters. The van der Waals surface area contributed by atoms with E-state index in [9.17, 15) is 4.79 Å². The average Bonchev–Trinajstić information content (AvgIpc) is 3.21. The number of aromatic nitrogens is 2. The van der Waals surface area contributed by atoms with E-state index in [1.165, 1.54) is 11.8 Å². The van der Waals surface area contributed by atoms with E-state index < -0.39 is 0 Å². The predicted octanol–water partition coefficient (Wildman–Crippen LogP) is 3.61. The number of carbonyl (C=O) groups is 1. The summed E-state index contributed by atoms with van der Waals surface area (Å²) in [6.45, 7) is 0.608. The Labute approximate surface area is 167 Å². The summed E-state index contributed by atoms with van der Waals surface area (Å²) in [5, 5.41) is 3.89. The molecular formula is C21H21N3O3S. The van der Waals surface area contributed by atoms with Crippen LogP contribution in [0.1, 0.15) is 18.0 Å². The van der Waals surface area contributed by atoms with Gasteiger partial charge in [0, 0.05) is 30.1 Å². The number of ether oxygens (including phenoxy) is 2. The van der Waals surface area contributed by atoms with Gasteiger partial charge in [-0.1, -0.05) is 30.0 Å². The maximum Gasteiger partial charge on any atom is 0.230 e. The lowest BCUT2D eigenvalue weighted by Crippen LogP contribution is -2.33. The van der Waals surface area contributed by atoms with Gasteiger partial charge in [-0.15, -0.1) is 0 Å². The molecule has 1 unspecified atom stereocenters. The number of methoxy groups -OCH3 is 1. The third kappa shape index (κ3) is 3.99. The van der Waals surface area contributed by atoms with E-state index in [0.717, 1.165) is 34.3 Å². The van der Waals surface area contributed by atoms with E-state index in [4.69, 9.17) is 9.47 Å². The largest absolute Gasteiger partial charge is 0.497 e. The predicted molar refractivity (Wildman–Crippen MR) is 108 cm³/mol. The fraction of sp³-hybridized carbons (Fsp3) is 0.238. The highest BCUT2D eigenvalue weighted by molar-refractivity contribution is 7.99. The Hall–Kier alpha value is -2.93. The minimum absolute atomic E-state index is 0.0145. The van der Waals surface area contributed by atoms with Crippen molar-refractivity contribution in [2.75, 3.05) is 19.5 Å². The van der Waals surface area contributed by atoms with Crippen LogP contribution < -0.4 is 14.8 Å². The van der Waals surface area contributed by atoms with Gasteiger partial charge in [0.15, 0.2) is 5.16 Å². The van der Waals surface area contributed by atoms with Gasteiger partial charge in [-0.3, -0.25) is 9.36 Å². The first kappa shape index (κ1) is 18.4. The first-order valence-electron chi connectivity index (χ1n) is 9.06. The van der Waals surface area contributed by atoms with E-state index >= 15 is 0 Å². The number of amides is 1. The molecular weight excluding hydrogens is 374 g/mol. The second-order valence-corrected chi connectivity index (χ2v) is 7.30. The van der Waals surface area contributed by atoms with Gasteiger partial charge in [0.1, 0.15) is 11.5 Å². The van der Waals surface area contributed by atoms with E-state index in [1.807, 2.05) is 59.3 Å². The Kier molecular flexibility index (Phi) is 5.53. The zero-order valence-corrected chi connectivity index (χ0v) is 16.3. The number of carbonyl (C=O) groups excluding carboxylic acids is 1. The molecule has 0 bridgehead atoms. The maximum atomic E-state index is 12.5. The van der Waals surface area contributed by atoms with Crippen LogP contribution in [-0.4, -0.2) is 34.9 Å². The molecule has 1 N–H and O–H groups in total. The third-order valence-corrected chi connectivity index (χ3v) is 5.55. The molecule has 1 aliphatic rings. The summed E-state index contributed by atoms with van der Waals surface area (Å²) in [5.41, 5.74) is 2.01. The number of fused-ring (bicyclic) bond motifs is 1. The molecule has 2 aromatic carbocycles. The Morgan fingerprint density at radius 2 is 2.11 bits per heavy atom. The summed E-state index contributed by atoms with van der Waals surface area (Å²) >= 11 is 1.41. The molecule has 6 nitrogen and oxygen atoms in total. The zero-order chi connectivity index (χ0) is 19.3. The smallest absolute Gasteiger partial charge is 0.230 e. The van der Waals surface area contributed by atoms with Gasteiger partial charge in [-0.05, 0) is 30.3 Å². The van der Waals surface area contributed by atoms with E-state index in [0.29, 0.717) is 12.4 Å². The molecule has 7 heteroatoms. The van der Waals surface area contributed by atoms with Crippen LogP contribution in [-0.2, 0) is 4.79 Å². The van der Waals surface area contributed by atoms with Gasteiger partial charge in [0.05, 0.1) is 25.5 Å². The van der Waals surface area contributed by atoms with Crippen LogP contribution in [0.25, 0.3) is 5.69 Å². The van der Waals surface area contributed by atoms with Gasteiger partial charge < -0.3 is 14.8 Å². The normalized spacial score (nSPS) is 15.4. The molecule has 0 aliphatic carbocycles. The van der Waals surface area contributed by atoms with Crippen molar-refractivity contribution >= 4 is 17.7 Å². The Morgan fingerprint density at radius 3 is 2.93 bits per heavy atom. The average molecular weight is 395 g/mol. The maximum absolute atomic E-state index is 12.5. The lowest BCUT2D eigenvalue weighted by atomic mass is 10.0. The molecule has 4 rings (SSSR count). The molecule has 144 valence electrons. The number of imidazole rings is 1. The van der Waals surface area contributed by atoms with Gasteiger partial charge in [0.25, 0.3) is 0 Å². The van der Waals surface area contributed by atoms with Gasteiger partial charge in [-0.2, -0.15) is 0 Å². The van der Waals surface area contributed by atoms with Crippen LogP contribution in [0.15, 0.2) is 66.1 Å². The first-order valence-corrected chi connectivity index (χ1v) is 10.0. The second kappa shape index (κ2) is 8.39. The second-order valence-electron chi connectivity index (χ2n) is 6.36. The van der Waals surface area contributed by atoms with Crippen LogP contribution in [0.3, 0.4) is 0 Å². The highest BCUT2D eigenvalue weighted by Crippen LogP contribution is 2.31. The number of nitrogens with zero attached hydrogens (tertiary/aromatic N) is 2. The van der Waals surface area contributed by atoms with Crippen molar-refractivity contribution in [3.8, 4) is 17.2 Å². The zero-order valence-electron chi connectivity index (χ0n) is 15.5. The van der Waals surface area contributed by atoms with Crippen molar-refractivity contribution < 1.29 is 14.3 Å². The molecule has 28 heavy (non-hydrogen) atoms. The topological polar surface area (TPSA) is 65.4 Å². The summed E-state index contributed by atoms with van der Waals surface area (Å²) < 4.78 is 12.8. The fourth-order valence-electron chi connectivity index (χ4n) is 3.19. The summed E-state index contributed by atoms with van der Waals surface area (Å²) in [4.78, 5) is 16.9. The SMILES string of the molecule is COc1ccc(-n2ccnc2SCC(=O)NC2CCOc3ccccc32)cc1. The summed E-state index contributed by atoms with van der Waals surface area (Å²) in [5.74, 6) is 1.93. The number of para-hydroxylation sites is 1. The molecule has 0 spiro atoms. The van der Waals surface area contributed by atoms with Crippen LogP contribution >= 0.6 is 11.8 Å².